The van der Waals surface area contributed by atoms with Crippen LogP contribution in [0.2, 0.25) is 5.02 Å². The van der Waals surface area contributed by atoms with E-state index in [0.717, 1.165) is 4.31 Å². The first kappa shape index (κ1) is 14.7. The van der Waals surface area contributed by atoms with Gasteiger partial charge < -0.3 is 5.32 Å². The summed E-state index contributed by atoms with van der Waals surface area (Å²) < 4.78 is 25.2. The standard InChI is InChI=1S/C12H13ClN4O2S/c1-17(2)20(18,19)11-5-3-4-10(6-11)16-12-14-7-9(13)8-15-12/h3-8H,1-2H3,(H,14,15,16). The van der Waals surface area contributed by atoms with Gasteiger partial charge in [0.05, 0.1) is 22.3 Å². The maximum Gasteiger partial charge on any atom is 0.242 e. The van der Waals surface area contributed by atoms with Gasteiger partial charge in [0, 0.05) is 19.8 Å². The third-order valence-electron chi connectivity index (χ3n) is 2.49. The van der Waals surface area contributed by atoms with Gasteiger partial charge in [-0.05, 0) is 18.2 Å². The smallest absolute Gasteiger partial charge is 0.242 e. The number of halogens is 1. The van der Waals surface area contributed by atoms with Gasteiger partial charge in [0.1, 0.15) is 0 Å². The van der Waals surface area contributed by atoms with E-state index in [4.69, 9.17) is 11.6 Å². The predicted octanol–water partition coefficient (Wildman–Crippen LogP) is 2.12. The molecule has 0 fully saturated rings. The summed E-state index contributed by atoms with van der Waals surface area (Å²) in [6, 6.07) is 6.43. The molecule has 20 heavy (non-hydrogen) atoms. The lowest BCUT2D eigenvalue weighted by molar-refractivity contribution is 0.521. The molecule has 1 aromatic heterocycles. The van der Waals surface area contributed by atoms with Crippen LogP contribution in [0.15, 0.2) is 41.6 Å². The zero-order chi connectivity index (χ0) is 14.8. The van der Waals surface area contributed by atoms with Crippen LogP contribution in [-0.4, -0.2) is 36.8 Å². The molecular formula is C12H13ClN4O2S. The summed E-state index contributed by atoms with van der Waals surface area (Å²) in [5, 5.41) is 3.35. The fourth-order valence-electron chi connectivity index (χ4n) is 1.45. The lowest BCUT2D eigenvalue weighted by Gasteiger charge is -2.12. The van der Waals surface area contributed by atoms with E-state index in [0.29, 0.717) is 16.7 Å². The topological polar surface area (TPSA) is 75.2 Å². The van der Waals surface area contributed by atoms with Crippen LogP contribution in [0.25, 0.3) is 0 Å². The molecule has 8 heteroatoms. The van der Waals surface area contributed by atoms with E-state index < -0.39 is 10.0 Å². The molecule has 0 atom stereocenters. The summed E-state index contributed by atoms with van der Waals surface area (Å²) in [6.07, 6.45) is 2.91. The van der Waals surface area contributed by atoms with Gasteiger partial charge in [0.2, 0.25) is 16.0 Å². The predicted molar refractivity (Wildman–Crippen MR) is 77.6 cm³/mol. The quantitative estimate of drug-likeness (QED) is 0.936. The van der Waals surface area contributed by atoms with Crippen molar-refractivity contribution in [3.63, 3.8) is 0 Å². The van der Waals surface area contributed by atoms with Crippen LogP contribution in [0.4, 0.5) is 11.6 Å². The first-order valence-electron chi connectivity index (χ1n) is 5.67. The minimum Gasteiger partial charge on any atom is -0.324 e. The second-order valence-corrected chi connectivity index (χ2v) is 6.75. The molecule has 0 spiro atoms. The van der Waals surface area contributed by atoms with Crippen molar-refractivity contribution in [1.29, 1.82) is 0 Å². The van der Waals surface area contributed by atoms with E-state index in [9.17, 15) is 8.42 Å². The van der Waals surface area contributed by atoms with Crippen LogP contribution in [-0.2, 0) is 10.0 Å². The molecule has 1 N–H and O–H groups in total. The fourth-order valence-corrected chi connectivity index (χ4v) is 2.50. The van der Waals surface area contributed by atoms with Crippen molar-refractivity contribution in [3.05, 3.63) is 41.7 Å². The van der Waals surface area contributed by atoms with E-state index in [-0.39, 0.29) is 4.90 Å². The van der Waals surface area contributed by atoms with E-state index in [1.54, 1.807) is 12.1 Å². The molecule has 0 saturated carbocycles. The molecule has 6 nitrogen and oxygen atoms in total. The summed E-state index contributed by atoms with van der Waals surface area (Å²) in [5.74, 6) is 0.341. The van der Waals surface area contributed by atoms with Gasteiger partial charge in [-0.15, -0.1) is 0 Å². The summed E-state index contributed by atoms with van der Waals surface area (Å²) in [4.78, 5) is 8.17. The second kappa shape index (κ2) is 5.74. The molecule has 0 aliphatic rings. The van der Waals surface area contributed by atoms with Gasteiger partial charge in [0.25, 0.3) is 0 Å². The van der Waals surface area contributed by atoms with E-state index in [2.05, 4.69) is 15.3 Å². The van der Waals surface area contributed by atoms with Crippen molar-refractivity contribution in [2.75, 3.05) is 19.4 Å². The molecule has 0 bridgehead atoms. The average molecular weight is 313 g/mol. The van der Waals surface area contributed by atoms with E-state index in [1.165, 1.54) is 38.6 Å². The van der Waals surface area contributed by atoms with Crippen molar-refractivity contribution in [1.82, 2.24) is 14.3 Å². The lowest BCUT2D eigenvalue weighted by atomic mass is 10.3. The Morgan fingerprint density at radius 3 is 2.45 bits per heavy atom. The lowest BCUT2D eigenvalue weighted by Crippen LogP contribution is -2.22. The number of anilines is 2. The third-order valence-corrected chi connectivity index (χ3v) is 4.50. The van der Waals surface area contributed by atoms with E-state index in [1.807, 2.05) is 0 Å². The zero-order valence-corrected chi connectivity index (χ0v) is 12.5. The van der Waals surface area contributed by atoms with E-state index >= 15 is 0 Å². The van der Waals surface area contributed by atoms with Gasteiger partial charge in [-0.1, -0.05) is 17.7 Å². The average Bonchev–Trinajstić information content (AvgIpc) is 2.41. The largest absolute Gasteiger partial charge is 0.324 e. The Morgan fingerprint density at radius 1 is 1.20 bits per heavy atom. The van der Waals surface area contributed by atoms with Gasteiger partial charge >= 0.3 is 0 Å². The maximum absolute atomic E-state index is 12.0. The van der Waals surface area contributed by atoms with Crippen molar-refractivity contribution >= 4 is 33.3 Å². The monoisotopic (exact) mass is 312 g/mol. The highest BCUT2D eigenvalue weighted by Crippen LogP contribution is 2.20. The van der Waals surface area contributed by atoms with Crippen LogP contribution in [0.1, 0.15) is 0 Å². The number of hydrogen-bond acceptors (Lipinski definition) is 5. The number of hydrogen-bond donors (Lipinski definition) is 1. The molecule has 0 saturated heterocycles. The number of sulfonamides is 1. The van der Waals surface area contributed by atoms with Crippen molar-refractivity contribution in [2.24, 2.45) is 0 Å². The second-order valence-electron chi connectivity index (χ2n) is 4.17. The summed E-state index contributed by atoms with van der Waals surface area (Å²) >= 11 is 5.70. The van der Waals surface area contributed by atoms with Crippen LogP contribution in [0, 0.1) is 0 Å². The highest BCUT2D eigenvalue weighted by molar-refractivity contribution is 7.89. The first-order valence-corrected chi connectivity index (χ1v) is 7.48. The molecule has 0 aliphatic carbocycles. The maximum atomic E-state index is 12.0. The molecule has 0 amide bonds. The minimum absolute atomic E-state index is 0.196. The molecule has 0 aliphatic heterocycles. The van der Waals surface area contributed by atoms with Gasteiger partial charge in [-0.2, -0.15) is 0 Å². The molecule has 1 aromatic carbocycles. The van der Waals surface area contributed by atoms with Gasteiger partial charge in [-0.3, -0.25) is 0 Å². The zero-order valence-electron chi connectivity index (χ0n) is 10.9. The number of rotatable bonds is 4. The van der Waals surface area contributed by atoms with Crippen LogP contribution < -0.4 is 5.32 Å². The molecule has 0 radical (unpaired) electrons. The van der Waals surface area contributed by atoms with Gasteiger partial charge in [0.15, 0.2) is 0 Å². The molecule has 2 aromatic rings. The van der Waals surface area contributed by atoms with Crippen molar-refractivity contribution < 1.29 is 8.42 Å². The summed E-state index contributed by atoms with van der Waals surface area (Å²) in [5.41, 5.74) is 0.579. The highest BCUT2D eigenvalue weighted by atomic mass is 35.5. The summed E-state index contributed by atoms with van der Waals surface area (Å²) in [7, 11) is -0.499. The Morgan fingerprint density at radius 2 is 1.85 bits per heavy atom. The number of aromatic nitrogens is 2. The van der Waals surface area contributed by atoms with Gasteiger partial charge in [-0.25, -0.2) is 22.7 Å². The Kier molecular flexibility index (Phi) is 4.22. The Bertz CT molecular complexity index is 702. The number of nitrogens with one attached hydrogen (secondary N) is 1. The van der Waals surface area contributed by atoms with Crippen LogP contribution in [0.3, 0.4) is 0 Å². The Labute approximate surface area is 122 Å². The highest BCUT2D eigenvalue weighted by Gasteiger charge is 2.17. The van der Waals surface area contributed by atoms with Crippen LogP contribution >= 0.6 is 11.6 Å². The third kappa shape index (κ3) is 3.24. The molecule has 2 rings (SSSR count). The summed E-state index contributed by atoms with van der Waals surface area (Å²) in [6.45, 7) is 0. The number of nitrogens with zero attached hydrogens (tertiary/aromatic N) is 3. The van der Waals surface area contributed by atoms with Crippen LogP contribution in [0.5, 0.6) is 0 Å². The normalized spacial score (nSPS) is 11.6. The molecule has 1 heterocycles. The molecular weight excluding hydrogens is 300 g/mol. The minimum atomic E-state index is -3.47. The molecule has 0 unspecified atom stereocenters. The first-order chi connectivity index (χ1) is 9.39. The van der Waals surface area contributed by atoms with Crippen molar-refractivity contribution in [2.45, 2.75) is 4.90 Å². The molecule has 106 valence electrons. The van der Waals surface area contributed by atoms with Crippen molar-refractivity contribution in [3.8, 4) is 0 Å². The SMILES string of the molecule is CN(C)S(=O)(=O)c1cccc(Nc2ncc(Cl)cn2)c1. The fraction of sp³-hybridized carbons (Fsp3) is 0.167. The number of benzene rings is 1. The Hall–Kier alpha value is -1.70. The Balaban J connectivity index is 2.29.